The zero-order valence-corrected chi connectivity index (χ0v) is 10.0. The molecule has 18 heavy (non-hydrogen) atoms. The molecule has 0 amide bonds. The number of oxazole rings is 1. The van der Waals surface area contributed by atoms with Gasteiger partial charge in [0.15, 0.2) is 11.5 Å². The summed E-state index contributed by atoms with van der Waals surface area (Å²) in [6.07, 6.45) is 1.67. The quantitative estimate of drug-likeness (QED) is 0.690. The molecule has 0 unspecified atom stereocenters. The second-order valence-corrected chi connectivity index (χ2v) is 3.84. The van der Waals surface area contributed by atoms with Gasteiger partial charge in [0.25, 0.3) is 0 Å². The lowest BCUT2D eigenvalue weighted by Crippen LogP contribution is -1.92. The number of rotatable bonds is 2. The summed E-state index contributed by atoms with van der Waals surface area (Å²) in [6.45, 7) is 1.83. The molecule has 5 nitrogen and oxygen atoms in total. The van der Waals surface area contributed by atoms with E-state index < -0.39 is 0 Å². The van der Waals surface area contributed by atoms with Crippen LogP contribution in [0.5, 0.6) is 6.01 Å². The molecule has 0 aliphatic carbocycles. The van der Waals surface area contributed by atoms with Gasteiger partial charge in [-0.25, -0.2) is 9.97 Å². The van der Waals surface area contributed by atoms with Gasteiger partial charge in [-0.15, -0.1) is 0 Å². The fraction of sp³-hybridized carbons (Fsp3) is 0.154. The van der Waals surface area contributed by atoms with E-state index in [1.54, 1.807) is 13.3 Å². The molecular weight excluding hydrogens is 230 g/mol. The van der Waals surface area contributed by atoms with Gasteiger partial charge in [0.1, 0.15) is 5.52 Å². The summed E-state index contributed by atoms with van der Waals surface area (Å²) >= 11 is 0. The summed E-state index contributed by atoms with van der Waals surface area (Å²) in [6, 6.07) is 7.95. The van der Waals surface area contributed by atoms with Crippen LogP contribution in [-0.2, 0) is 0 Å². The summed E-state index contributed by atoms with van der Waals surface area (Å²) in [5, 5.41) is 0. The lowest BCUT2D eigenvalue weighted by Gasteiger charge is -2.02. The standard InChI is InChI=1S/C13H11N3O2/c1-8-15-11-7-9(3-4-12(11)18-8)10-5-6-14-13(16-10)17-2/h3-7H,1-2H3. The first-order valence-electron chi connectivity index (χ1n) is 5.51. The normalized spacial score (nSPS) is 10.8. The number of aryl methyl sites for hydroxylation is 1. The Morgan fingerprint density at radius 1 is 1.17 bits per heavy atom. The maximum absolute atomic E-state index is 5.44. The van der Waals surface area contributed by atoms with Crippen molar-refractivity contribution in [1.29, 1.82) is 0 Å². The number of benzene rings is 1. The number of aromatic nitrogens is 3. The van der Waals surface area contributed by atoms with Crippen LogP contribution >= 0.6 is 0 Å². The van der Waals surface area contributed by atoms with E-state index in [4.69, 9.17) is 9.15 Å². The van der Waals surface area contributed by atoms with E-state index in [9.17, 15) is 0 Å². The number of nitrogens with zero attached hydrogens (tertiary/aromatic N) is 3. The minimum absolute atomic E-state index is 0.351. The molecule has 0 saturated carbocycles. The van der Waals surface area contributed by atoms with Crippen molar-refractivity contribution in [2.45, 2.75) is 6.92 Å². The van der Waals surface area contributed by atoms with Crippen LogP contribution in [0.3, 0.4) is 0 Å². The summed E-state index contributed by atoms with van der Waals surface area (Å²) in [7, 11) is 1.54. The van der Waals surface area contributed by atoms with Gasteiger partial charge < -0.3 is 9.15 Å². The Morgan fingerprint density at radius 3 is 2.89 bits per heavy atom. The average Bonchev–Trinajstić information content (AvgIpc) is 2.77. The van der Waals surface area contributed by atoms with E-state index >= 15 is 0 Å². The Hall–Kier alpha value is -2.43. The largest absolute Gasteiger partial charge is 0.467 e. The highest BCUT2D eigenvalue weighted by Gasteiger charge is 2.06. The van der Waals surface area contributed by atoms with Crippen LogP contribution in [0.25, 0.3) is 22.4 Å². The molecule has 5 heteroatoms. The predicted molar refractivity (Wildman–Crippen MR) is 66.3 cm³/mol. The Labute approximate surface area is 103 Å². The number of fused-ring (bicyclic) bond motifs is 1. The lowest BCUT2D eigenvalue weighted by atomic mass is 10.1. The van der Waals surface area contributed by atoms with Crippen LogP contribution in [0.15, 0.2) is 34.9 Å². The zero-order chi connectivity index (χ0) is 12.5. The molecule has 0 bridgehead atoms. The van der Waals surface area contributed by atoms with Crippen molar-refractivity contribution in [2.75, 3.05) is 7.11 Å². The molecule has 0 aliphatic rings. The molecule has 3 aromatic rings. The van der Waals surface area contributed by atoms with Gasteiger partial charge >= 0.3 is 6.01 Å². The number of ether oxygens (including phenoxy) is 1. The molecule has 2 aromatic heterocycles. The van der Waals surface area contributed by atoms with Gasteiger partial charge in [0, 0.05) is 18.7 Å². The summed E-state index contributed by atoms with van der Waals surface area (Å²) in [4.78, 5) is 12.6. The first-order chi connectivity index (χ1) is 8.76. The van der Waals surface area contributed by atoms with Crippen molar-refractivity contribution in [3.63, 3.8) is 0 Å². The second-order valence-electron chi connectivity index (χ2n) is 3.84. The molecule has 0 fully saturated rings. The monoisotopic (exact) mass is 241 g/mol. The van der Waals surface area contributed by atoms with Gasteiger partial charge in [-0.05, 0) is 24.3 Å². The molecule has 0 aliphatic heterocycles. The van der Waals surface area contributed by atoms with E-state index in [1.165, 1.54) is 0 Å². The third-order valence-corrected chi connectivity index (χ3v) is 2.61. The molecule has 0 radical (unpaired) electrons. The van der Waals surface area contributed by atoms with E-state index in [0.29, 0.717) is 11.9 Å². The van der Waals surface area contributed by atoms with Gasteiger partial charge in [-0.1, -0.05) is 0 Å². The smallest absolute Gasteiger partial charge is 0.316 e. The van der Waals surface area contributed by atoms with Crippen molar-refractivity contribution >= 4 is 11.1 Å². The van der Waals surface area contributed by atoms with Crippen LogP contribution in [0.2, 0.25) is 0 Å². The topological polar surface area (TPSA) is 61.0 Å². The molecule has 3 rings (SSSR count). The number of hydrogen-bond acceptors (Lipinski definition) is 5. The van der Waals surface area contributed by atoms with E-state index in [2.05, 4.69) is 15.0 Å². The molecule has 0 N–H and O–H groups in total. The summed E-state index contributed by atoms with van der Waals surface area (Å²) < 4.78 is 10.4. The molecule has 0 atom stereocenters. The number of methoxy groups -OCH3 is 1. The highest BCUT2D eigenvalue weighted by Crippen LogP contribution is 2.23. The van der Waals surface area contributed by atoms with Gasteiger partial charge in [0.05, 0.1) is 12.8 Å². The maximum atomic E-state index is 5.44. The number of hydrogen-bond donors (Lipinski definition) is 0. The van der Waals surface area contributed by atoms with Crippen LogP contribution in [0.1, 0.15) is 5.89 Å². The van der Waals surface area contributed by atoms with E-state index in [0.717, 1.165) is 22.4 Å². The van der Waals surface area contributed by atoms with Crippen molar-refractivity contribution in [3.05, 3.63) is 36.4 Å². The maximum Gasteiger partial charge on any atom is 0.316 e. The lowest BCUT2D eigenvalue weighted by molar-refractivity contribution is 0.380. The van der Waals surface area contributed by atoms with Crippen LogP contribution in [-0.4, -0.2) is 22.1 Å². The molecular formula is C13H11N3O2. The van der Waals surface area contributed by atoms with Crippen molar-refractivity contribution in [2.24, 2.45) is 0 Å². The van der Waals surface area contributed by atoms with E-state index in [-0.39, 0.29) is 0 Å². The second kappa shape index (κ2) is 4.10. The third-order valence-electron chi connectivity index (χ3n) is 2.61. The van der Waals surface area contributed by atoms with Crippen molar-refractivity contribution < 1.29 is 9.15 Å². The highest BCUT2D eigenvalue weighted by atomic mass is 16.5. The molecule has 90 valence electrons. The van der Waals surface area contributed by atoms with Crippen LogP contribution in [0.4, 0.5) is 0 Å². The summed E-state index contributed by atoms with van der Waals surface area (Å²) in [5.41, 5.74) is 3.35. The third kappa shape index (κ3) is 1.79. The first kappa shape index (κ1) is 10.7. The van der Waals surface area contributed by atoms with E-state index in [1.807, 2.05) is 31.2 Å². The molecule has 1 aromatic carbocycles. The summed E-state index contributed by atoms with van der Waals surface area (Å²) in [5.74, 6) is 0.655. The highest BCUT2D eigenvalue weighted by molar-refractivity contribution is 5.79. The minimum Gasteiger partial charge on any atom is -0.467 e. The first-order valence-corrected chi connectivity index (χ1v) is 5.51. The Balaban J connectivity index is 2.12. The Kier molecular flexibility index (Phi) is 2.44. The Bertz CT molecular complexity index is 706. The zero-order valence-electron chi connectivity index (χ0n) is 10.0. The average molecular weight is 241 g/mol. The van der Waals surface area contributed by atoms with Crippen molar-refractivity contribution in [3.8, 4) is 17.3 Å². The van der Waals surface area contributed by atoms with Gasteiger partial charge in [0.2, 0.25) is 0 Å². The fourth-order valence-corrected chi connectivity index (χ4v) is 1.80. The van der Waals surface area contributed by atoms with Crippen LogP contribution in [0, 0.1) is 6.92 Å². The van der Waals surface area contributed by atoms with Gasteiger partial charge in [-0.3, -0.25) is 0 Å². The molecule has 0 saturated heterocycles. The molecule has 2 heterocycles. The fourth-order valence-electron chi connectivity index (χ4n) is 1.80. The Morgan fingerprint density at radius 2 is 2.06 bits per heavy atom. The predicted octanol–water partition coefficient (Wildman–Crippen LogP) is 2.60. The van der Waals surface area contributed by atoms with Crippen LogP contribution < -0.4 is 4.74 Å². The minimum atomic E-state index is 0.351. The molecule has 0 spiro atoms. The van der Waals surface area contributed by atoms with Crippen molar-refractivity contribution in [1.82, 2.24) is 15.0 Å². The van der Waals surface area contributed by atoms with Gasteiger partial charge in [-0.2, -0.15) is 4.98 Å². The SMILES string of the molecule is COc1nccc(-c2ccc3oc(C)nc3c2)n1.